The van der Waals surface area contributed by atoms with Gasteiger partial charge in [0.05, 0.1) is 4.88 Å². The highest BCUT2D eigenvalue weighted by Gasteiger charge is 2.37. The maximum Gasteiger partial charge on any atom is 0.433 e. The molecule has 2 heterocycles. The summed E-state index contributed by atoms with van der Waals surface area (Å²) >= 11 is 1.32. The number of thiophene rings is 1. The second-order valence-electron chi connectivity index (χ2n) is 3.10. The Balaban J connectivity index is 2.54. The van der Waals surface area contributed by atoms with E-state index in [9.17, 15) is 13.2 Å². The molecule has 0 spiro atoms. The summed E-state index contributed by atoms with van der Waals surface area (Å²) in [5.74, 6) is 0. The minimum absolute atomic E-state index is 0.00921. The molecule has 0 fully saturated rings. The lowest BCUT2D eigenvalue weighted by Gasteiger charge is -2.05. The molecule has 0 atom stereocenters. The van der Waals surface area contributed by atoms with Gasteiger partial charge in [-0.25, -0.2) is 0 Å². The number of nitrogens with zero attached hydrogens (tertiary/aromatic N) is 1. The number of hydrogen-bond donors (Lipinski definition) is 2. The molecule has 0 aromatic carbocycles. The minimum Gasteiger partial charge on any atom is -0.326 e. The molecule has 2 aromatic rings. The fraction of sp³-hybridized carbons (Fsp3) is 0.222. The van der Waals surface area contributed by atoms with Crippen LogP contribution < -0.4 is 5.73 Å². The summed E-state index contributed by atoms with van der Waals surface area (Å²) in [5, 5.41) is 7.46. The van der Waals surface area contributed by atoms with Crippen LogP contribution in [0.4, 0.5) is 13.2 Å². The van der Waals surface area contributed by atoms with Crippen molar-refractivity contribution in [1.82, 2.24) is 10.2 Å². The predicted molar refractivity (Wildman–Crippen MR) is 54.8 cm³/mol. The molecule has 0 aliphatic carbocycles. The summed E-state index contributed by atoms with van der Waals surface area (Å²) in [6.45, 7) is -0.196. The van der Waals surface area contributed by atoms with E-state index in [4.69, 9.17) is 5.73 Å². The van der Waals surface area contributed by atoms with Gasteiger partial charge in [0.25, 0.3) is 0 Å². The van der Waals surface area contributed by atoms with Crippen molar-refractivity contribution in [1.29, 1.82) is 0 Å². The summed E-state index contributed by atoms with van der Waals surface area (Å²) in [6, 6.07) is 3.46. The van der Waals surface area contributed by atoms with Gasteiger partial charge in [-0.05, 0) is 11.4 Å². The molecule has 0 amide bonds. The number of rotatable bonds is 2. The molecule has 0 bridgehead atoms. The first kappa shape index (κ1) is 11.2. The van der Waals surface area contributed by atoms with E-state index in [0.717, 1.165) is 0 Å². The number of hydrogen-bond acceptors (Lipinski definition) is 3. The lowest BCUT2D eigenvalue weighted by atomic mass is 10.1. The van der Waals surface area contributed by atoms with E-state index in [2.05, 4.69) is 5.10 Å². The molecule has 16 heavy (non-hydrogen) atoms. The van der Waals surface area contributed by atoms with Gasteiger partial charge in [-0.3, -0.25) is 5.10 Å². The van der Waals surface area contributed by atoms with Crippen LogP contribution in [0.3, 0.4) is 0 Å². The van der Waals surface area contributed by atoms with Gasteiger partial charge in [0.1, 0.15) is 11.4 Å². The van der Waals surface area contributed by atoms with Crippen molar-refractivity contribution in [2.45, 2.75) is 12.7 Å². The summed E-state index contributed by atoms with van der Waals surface area (Å²) in [7, 11) is 0. The SMILES string of the molecule is NCc1c(-c2cccs2)n[nH]c1C(F)(F)F. The monoisotopic (exact) mass is 247 g/mol. The maximum absolute atomic E-state index is 12.6. The van der Waals surface area contributed by atoms with Crippen LogP contribution >= 0.6 is 11.3 Å². The summed E-state index contributed by atoms with van der Waals surface area (Å²) in [4.78, 5) is 0.673. The number of alkyl halides is 3. The van der Waals surface area contributed by atoms with E-state index < -0.39 is 11.9 Å². The van der Waals surface area contributed by atoms with Crippen molar-refractivity contribution in [2.24, 2.45) is 5.73 Å². The van der Waals surface area contributed by atoms with Crippen molar-refractivity contribution in [3.05, 3.63) is 28.8 Å². The smallest absolute Gasteiger partial charge is 0.326 e. The lowest BCUT2D eigenvalue weighted by Crippen LogP contribution is -2.11. The Kier molecular flexibility index (Phi) is 2.73. The number of aromatic nitrogens is 2. The second kappa shape index (κ2) is 3.91. The largest absolute Gasteiger partial charge is 0.433 e. The van der Waals surface area contributed by atoms with E-state index in [1.165, 1.54) is 11.3 Å². The normalized spacial score (nSPS) is 12.0. The minimum atomic E-state index is -4.45. The average Bonchev–Trinajstić information content (AvgIpc) is 2.84. The van der Waals surface area contributed by atoms with Gasteiger partial charge < -0.3 is 5.73 Å². The topological polar surface area (TPSA) is 54.7 Å². The molecule has 3 N–H and O–H groups in total. The molecule has 0 aliphatic heterocycles. The molecule has 3 nitrogen and oxygen atoms in total. The molecule has 0 saturated carbocycles. The molecular formula is C9H8F3N3S. The first-order valence-electron chi connectivity index (χ1n) is 4.42. The zero-order valence-corrected chi connectivity index (χ0v) is 8.82. The van der Waals surface area contributed by atoms with Gasteiger partial charge in [0, 0.05) is 12.1 Å². The van der Waals surface area contributed by atoms with Crippen LogP contribution in [0, 0.1) is 0 Å². The Morgan fingerprint density at radius 3 is 2.69 bits per heavy atom. The molecule has 2 rings (SSSR count). The van der Waals surface area contributed by atoms with E-state index in [1.54, 1.807) is 17.5 Å². The van der Waals surface area contributed by atoms with E-state index in [1.807, 2.05) is 5.10 Å². The van der Waals surface area contributed by atoms with Crippen LogP contribution in [0.2, 0.25) is 0 Å². The number of nitrogens with one attached hydrogen (secondary N) is 1. The van der Waals surface area contributed by atoms with Gasteiger partial charge in [-0.2, -0.15) is 18.3 Å². The second-order valence-corrected chi connectivity index (χ2v) is 4.05. The highest BCUT2D eigenvalue weighted by Crippen LogP contribution is 2.35. The molecule has 0 aliphatic rings. The summed E-state index contributed by atoms with van der Waals surface area (Å²) in [6.07, 6.45) is -4.45. The number of aromatic amines is 1. The van der Waals surface area contributed by atoms with Crippen LogP contribution in [-0.4, -0.2) is 10.2 Å². The maximum atomic E-state index is 12.6. The predicted octanol–water partition coefficient (Wildman–Crippen LogP) is 2.62. The molecule has 2 aromatic heterocycles. The molecule has 0 saturated heterocycles. The van der Waals surface area contributed by atoms with Gasteiger partial charge in [0.15, 0.2) is 0 Å². The molecule has 0 unspecified atom stereocenters. The summed E-state index contributed by atoms with van der Waals surface area (Å²) in [5.41, 5.74) is 4.77. The van der Waals surface area contributed by atoms with Crippen LogP contribution in [0.15, 0.2) is 17.5 Å². The lowest BCUT2D eigenvalue weighted by molar-refractivity contribution is -0.141. The van der Waals surface area contributed by atoms with Crippen molar-refractivity contribution in [3.63, 3.8) is 0 Å². The van der Waals surface area contributed by atoms with Crippen molar-refractivity contribution in [3.8, 4) is 10.6 Å². The van der Waals surface area contributed by atoms with Crippen molar-refractivity contribution in [2.75, 3.05) is 0 Å². The summed E-state index contributed by atoms with van der Waals surface area (Å²) < 4.78 is 37.7. The van der Waals surface area contributed by atoms with E-state index >= 15 is 0 Å². The molecule has 0 radical (unpaired) electrons. The number of H-pyrrole nitrogens is 1. The zero-order valence-electron chi connectivity index (χ0n) is 8.01. The van der Waals surface area contributed by atoms with Gasteiger partial charge in [-0.1, -0.05) is 6.07 Å². The van der Waals surface area contributed by atoms with Crippen LogP contribution in [0.1, 0.15) is 11.3 Å². The fourth-order valence-corrected chi connectivity index (χ4v) is 2.16. The average molecular weight is 247 g/mol. The Hall–Kier alpha value is -1.34. The Morgan fingerprint density at radius 2 is 2.19 bits per heavy atom. The molecule has 86 valence electrons. The Bertz CT molecular complexity index is 473. The third-order valence-corrected chi connectivity index (χ3v) is 2.99. The highest BCUT2D eigenvalue weighted by atomic mass is 32.1. The molecule has 7 heteroatoms. The Morgan fingerprint density at radius 1 is 1.44 bits per heavy atom. The van der Waals surface area contributed by atoms with E-state index in [-0.39, 0.29) is 17.8 Å². The zero-order chi connectivity index (χ0) is 11.8. The standard InChI is InChI=1S/C9H8F3N3S/c10-9(11,12)8-5(4-13)7(14-15-8)6-2-1-3-16-6/h1-3H,4,13H2,(H,14,15). The number of halogens is 3. The van der Waals surface area contributed by atoms with Crippen molar-refractivity contribution < 1.29 is 13.2 Å². The first-order chi connectivity index (χ1) is 7.54. The van der Waals surface area contributed by atoms with Gasteiger partial charge in [-0.15, -0.1) is 11.3 Å². The van der Waals surface area contributed by atoms with E-state index in [0.29, 0.717) is 4.88 Å². The highest BCUT2D eigenvalue weighted by molar-refractivity contribution is 7.13. The van der Waals surface area contributed by atoms with Crippen molar-refractivity contribution >= 4 is 11.3 Å². The Labute approximate surface area is 93.1 Å². The van der Waals surface area contributed by atoms with Gasteiger partial charge >= 0.3 is 6.18 Å². The van der Waals surface area contributed by atoms with Crippen LogP contribution in [-0.2, 0) is 12.7 Å². The van der Waals surface area contributed by atoms with Crippen LogP contribution in [0.5, 0.6) is 0 Å². The number of nitrogens with two attached hydrogens (primary N) is 1. The third-order valence-electron chi connectivity index (χ3n) is 2.11. The molecular weight excluding hydrogens is 239 g/mol. The fourth-order valence-electron chi connectivity index (χ4n) is 1.42. The quantitative estimate of drug-likeness (QED) is 0.857. The third kappa shape index (κ3) is 1.83. The first-order valence-corrected chi connectivity index (χ1v) is 5.30. The van der Waals surface area contributed by atoms with Crippen LogP contribution in [0.25, 0.3) is 10.6 Å². The van der Waals surface area contributed by atoms with Gasteiger partial charge in [0.2, 0.25) is 0 Å².